The number of hydrogen-bond donors (Lipinski definition) is 2. The summed E-state index contributed by atoms with van der Waals surface area (Å²) in [5.41, 5.74) is 7.27. The molecule has 0 saturated carbocycles. The van der Waals surface area contributed by atoms with Gasteiger partial charge < -0.3 is 15.7 Å². The summed E-state index contributed by atoms with van der Waals surface area (Å²) in [6.07, 6.45) is 0.903. The molecule has 0 aromatic heterocycles. The lowest BCUT2D eigenvalue weighted by Crippen LogP contribution is -2.35. The maximum absolute atomic E-state index is 11.8. The minimum absolute atomic E-state index is 0.142. The molecule has 0 aliphatic heterocycles. The Kier molecular flexibility index (Phi) is 5.17. The molecule has 0 bridgehead atoms. The number of amides is 1. The van der Waals surface area contributed by atoms with Gasteiger partial charge in [0.2, 0.25) is 5.91 Å². The Morgan fingerprint density at radius 1 is 1.28 bits per heavy atom. The number of nitrogens with zero attached hydrogens (tertiary/aromatic N) is 1. The first kappa shape index (κ1) is 14.0. The van der Waals surface area contributed by atoms with Crippen LogP contribution in [0, 0.1) is 0 Å². The molecule has 1 aromatic rings. The molecule has 98 valence electrons. The third-order valence-electron chi connectivity index (χ3n) is 2.67. The molecule has 18 heavy (non-hydrogen) atoms. The van der Waals surface area contributed by atoms with Gasteiger partial charge in [-0.3, -0.25) is 9.59 Å². The number of likely N-dealkylation sites (N-methyl/N-ethyl adjacent to an activating group) is 1. The van der Waals surface area contributed by atoms with Crippen molar-refractivity contribution < 1.29 is 14.7 Å². The van der Waals surface area contributed by atoms with Gasteiger partial charge in [-0.2, -0.15) is 0 Å². The zero-order valence-electron chi connectivity index (χ0n) is 10.4. The van der Waals surface area contributed by atoms with E-state index in [1.807, 2.05) is 12.1 Å². The van der Waals surface area contributed by atoms with E-state index >= 15 is 0 Å². The van der Waals surface area contributed by atoms with Crippen molar-refractivity contribution in [2.24, 2.45) is 0 Å². The van der Waals surface area contributed by atoms with Gasteiger partial charge in [0.05, 0.1) is 0 Å². The molecule has 0 spiro atoms. The number of aryl methyl sites for hydroxylation is 1. The number of carbonyl (C=O) groups excluding carboxylic acids is 1. The van der Waals surface area contributed by atoms with Crippen molar-refractivity contribution in [1.29, 1.82) is 0 Å². The number of nitrogen functional groups attached to an aromatic ring is 1. The summed E-state index contributed by atoms with van der Waals surface area (Å²) in [5, 5.41) is 8.67. The molecule has 3 N–H and O–H groups in total. The molecule has 5 nitrogen and oxygen atoms in total. The molecule has 5 heteroatoms. The minimum atomic E-state index is -0.988. The largest absolute Gasteiger partial charge is 0.480 e. The fraction of sp³-hybridized carbons (Fsp3) is 0.385. The SMILES string of the molecule is CCN(CC(=O)O)C(=O)CCc1ccc(N)cc1. The lowest BCUT2D eigenvalue weighted by atomic mass is 10.1. The Labute approximate surface area is 106 Å². The third-order valence-corrected chi connectivity index (χ3v) is 2.67. The van der Waals surface area contributed by atoms with E-state index in [1.165, 1.54) is 4.90 Å². The molecule has 0 aliphatic carbocycles. The van der Waals surface area contributed by atoms with Gasteiger partial charge >= 0.3 is 5.97 Å². The summed E-state index contributed by atoms with van der Waals surface area (Å²) >= 11 is 0. The molecule has 1 amide bonds. The average Bonchev–Trinajstić information content (AvgIpc) is 2.34. The number of carboxylic acids is 1. The quantitative estimate of drug-likeness (QED) is 0.741. The van der Waals surface area contributed by atoms with Crippen LogP contribution in [0.15, 0.2) is 24.3 Å². The summed E-state index contributed by atoms with van der Waals surface area (Å²) in [5.74, 6) is -1.13. The summed E-state index contributed by atoms with van der Waals surface area (Å²) in [6.45, 7) is 1.94. The van der Waals surface area contributed by atoms with Crippen LogP contribution in [-0.2, 0) is 16.0 Å². The third kappa shape index (κ3) is 4.45. The smallest absolute Gasteiger partial charge is 0.323 e. The zero-order valence-corrected chi connectivity index (χ0v) is 10.4. The van der Waals surface area contributed by atoms with Gasteiger partial charge in [-0.1, -0.05) is 12.1 Å². The van der Waals surface area contributed by atoms with Crippen molar-refractivity contribution in [2.75, 3.05) is 18.8 Å². The van der Waals surface area contributed by atoms with Crippen molar-refractivity contribution >= 4 is 17.6 Å². The fourth-order valence-electron chi connectivity index (χ4n) is 1.63. The van der Waals surface area contributed by atoms with E-state index in [1.54, 1.807) is 19.1 Å². The second-order valence-corrected chi connectivity index (χ2v) is 4.04. The number of benzene rings is 1. The second kappa shape index (κ2) is 6.64. The molecule has 1 aromatic carbocycles. The maximum Gasteiger partial charge on any atom is 0.323 e. The number of nitrogens with two attached hydrogens (primary N) is 1. The highest BCUT2D eigenvalue weighted by Crippen LogP contribution is 2.08. The Hall–Kier alpha value is -2.04. The second-order valence-electron chi connectivity index (χ2n) is 4.04. The number of anilines is 1. The van der Waals surface area contributed by atoms with Crippen LogP contribution in [0.1, 0.15) is 18.9 Å². The Morgan fingerprint density at radius 2 is 1.89 bits per heavy atom. The van der Waals surface area contributed by atoms with Gasteiger partial charge in [-0.05, 0) is 31.0 Å². The van der Waals surface area contributed by atoms with Crippen LogP contribution >= 0.6 is 0 Å². The van der Waals surface area contributed by atoms with Crippen molar-refractivity contribution in [3.8, 4) is 0 Å². The highest BCUT2D eigenvalue weighted by Gasteiger charge is 2.14. The summed E-state index contributed by atoms with van der Waals surface area (Å²) in [7, 11) is 0. The predicted molar refractivity (Wildman–Crippen MR) is 69.1 cm³/mol. The lowest BCUT2D eigenvalue weighted by Gasteiger charge is -2.18. The molecule has 0 heterocycles. The van der Waals surface area contributed by atoms with E-state index in [0.717, 1.165) is 5.56 Å². The average molecular weight is 250 g/mol. The topological polar surface area (TPSA) is 83.6 Å². The van der Waals surface area contributed by atoms with Crippen molar-refractivity contribution in [2.45, 2.75) is 19.8 Å². The van der Waals surface area contributed by atoms with Crippen LogP contribution in [0.3, 0.4) is 0 Å². The highest BCUT2D eigenvalue weighted by atomic mass is 16.4. The number of aliphatic carboxylic acids is 1. The molecule has 0 fully saturated rings. The molecular formula is C13H18N2O3. The van der Waals surface area contributed by atoms with Crippen LogP contribution in [0.2, 0.25) is 0 Å². The van der Waals surface area contributed by atoms with Crippen molar-refractivity contribution in [1.82, 2.24) is 4.90 Å². The van der Waals surface area contributed by atoms with E-state index in [2.05, 4.69) is 0 Å². The van der Waals surface area contributed by atoms with E-state index < -0.39 is 5.97 Å². The van der Waals surface area contributed by atoms with Gasteiger partial charge in [0.1, 0.15) is 6.54 Å². The summed E-state index contributed by atoms with van der Waals surface area (Å²) in [6, 6.07) is 7.31. The maximum atomic E-state index is 11.8. The van der Waals surface area contributed by atoms with E-state index in [0.29, 0.717) is 25.1 Å². The van der Waals surface area contributed by atoms with Crippen LogP contribution < -0.4 is 5.73 Å². The molecule has 1 rings (SSSR count). The van der Waals surface area contributed by atoms with Gasteiger partial charge in [0.25, 0.3) is 0 Å². The van der Waals surface area contributed by atoms with Crippen molar-refractivity contribution in [3.05, 3.63) is 29.8 Å². The number of rotatable bonds is 6. The first-order valence-electron chi connectivity index (χ1n) is 5.87. The van der Waals surface area contributed by atoms with Crippen LogP contribution in [0.25, 0.3) is 0 Å². The Bertz CT molecular complexity index is 415. The van der Waals surface area contributed by atoms with Crippen LogP contribution in [-0.4, -0.2) is 35.0 Å². The zero-order chi connectivity index (χ0) is 13.5. The molecular weight excluding hydrogens is 232 g/mol. The first-order valence-corrected chi connectivity index (χ1v) is 5.87. The highest BCUT2D eigenvalue weighted by molar-refractivity contribution is 5.81. The lowest BCUT2D eigenvalue weighted by molar-refractivity contribution is -0.144. The summed E-state index contributed by atoms with van der Waals surface area (Å²) in [4.78, 5) is 23.7. The Balaban J connectivity index is 2.49. The number of carbonyl (C=O) groups is 2. The molecule has 0 aliphatic rings. The van der Waals surface area contributed by atoms with E-state index in [-0.39, 0.29) is 12.5 Å². The fourth-order valence-corrected chi connectivity index (χ4v) is 1.63. The van der Waals surface area contributed by atoms with Crippen LogP contribution in [0.4, 0.5) is 5.69 Å². The standard InChI is InChI=1S/C13H18N2O3/c1-2-15(9-13(17)18)12(16)8-5-10-3-6-11(14)7-4-10/h3-4,6-7H,2,5,8-9,14H2,1H3,(H,17,18). The van der Waals surface area contributed by atoms with E-state index in [9.17, 15) is 9.59 Å². The van der Waals surface area contributed by atoms with Gasteiger partial charge in [0.15, 0.2) is 0 Å². The molecule has 0 saturated heterocycles. The van der Waals surface area contributed by atoms with Crippen LogP contribution in [0.5, 0.6) is 0 Å². The first-order chi connectivity index (χ1) is 8.52. The minimum Gasteiger partial charge on any atom is -0.480 e. The van der Waals surface area contributed by atoms with Crippen molar-refractivity contribution in [3.63, 3.8) is 0 Å². The molecule has 0 atom stereocenters. The Morgan fingerprint density at radius 3 is 2.39 bits per heavy atom. The number of carboxylic acid groups (broad SMARTS) is 1. The number of hydrogen-bond acceptors (Lipinski definition) is 3. The monoisotopic (exact) mass is 250 g/mol. The summed E-state index contributed by atoms with van der Waals surface area (Å²) < 4.78 is 0. The molecule has 0 unspecified atom stereocenters. The molecule has 0 radical (unpaired) electrons. The van der Waals surface area contributed by atoms with Gasteiger partial charge in [0, 0.05) is 18.7 Å². The predicted octanol–water partition coefficient (Wildman–Crippen LogP) is 1.13. The van der Waals surface area contributed by atoms with E-state index in [4.69, 9.17) is 10.8 Å². The van der Waals surface area contributed by atoms with Gasteiger partial charge in [-0.25, -0.2) is 0 Å². The normalized spacial score (nSPS) is 10.1. The van der Waals surface area contributed by atoms with Gasteiger partial charge in [-0.15, -0.1) is 0 Å².